The Bertz CT molecular complexity index is 685. The van der Waals surface area contributed by atoms with Gasteiger partial charge in [-0.1, -0.05) is 18.2 Å². The highest BCUT2D eigenvalue weighted by Gasteiger charge is 2.22. The van der Waals surface area contributed by atoms with Gasteiger partial charge in [-0.05, 0) is 31.2 Å². The fraction of sp³-hybridized carbons (Fsp3) is 0.368. The van der Waals surface area contributed by atoms with Gasteiger partial charge in [-0.2, -0.15) is 0 Å². The molecule has 1 aromatic carbocycles. The second-order valence-electron chi connectivity index (χ2n) is 5.94. The number of nitrogens with zero attached hydrogens (tertiary/aromatic N) is 3. The Kier molecular flexibility index (Phi) is 5.85. The van der Waals surface area contributed by atoms with Gasteiger partial charge in [0.1, 0.15) is 5.75 Å². The third-order valence-electron chi connectivity index (χ3n) is 4.20. The van der Waals surface area contributed by atoms with Crippen LogP contribution in [0, 0.1) is 0 Å². The highest BCUT2D eigenvalue weighted by molar-refractivity contribution is 5.91. The number of carbonyl (C=O) groups excluding carboxylic acids is 1. The Balaban J connectivity index is 1.52. The topological polar surface area (TPSA) is 57.7 Å². The third kappa shape index (κ3) is 4.70. The van der Waals surface area contributed by atoms with Crippen molar-refractivity contribution in [2.45, 2.75) is 13.5 Å². The number of amides is 2. The number of piperazine rings is 1. The Morgan fingerprint density at radius 3 is 2.60 bits per heavy atom. The molecule has 1 N–H and O–H groups in total. The molecule has 1 aliphatic rings. The van der Waals surface area contributed by atoms with Crippen LogP contribution in [0.3, 0.4) is 0 Å². The largest absolute Gasteiger partial charge is 0.492 e. The van der Waals surface area contributed by atoms with E-state index in [-0.39, 0.29) is 6.03 Å². The van der Waals surface area contributed by atoms with Gasteiger partial charge in [-0.25, -0.2) is 4.79 Å². The molecule has 132 valence electrons. The fourth-order valence-corrected chi connectivity index (χ4v) is 2.88. The van der Waals surface area contributed by atoms with E-state index in [9.17, 15) is 4.79 Å². The zero-order valence-corrected chi connectivity index (χ0v) is 14.5. The molecule has 0 aliphatic carbocycles. The van der Waals surface area contributed by atoms with Crippen molar-refractivity contribution >= 4 is 11.7 Å². The second kappa shape index (κ2) is 8.48. The van der Waals surface area contributed by atoms with Gasteiger partial charge in [-0.3, -0.25) is 9.88 Å². The summed E-state index contributed by atoms with van der Waals surface area (Å²) in [4.78, 5) is 21.0. The Morgan fingerprint density at radius 1 is 1.12 bits per heavy atom. The highest BCUT2D eigenvalue weighted by atomic mass is 16.5. The monoisotopic (exact) mass is 340 g/mol. The summed E-state index contributed by atoms with van der Waals surface area (Å²) >= 11 is 0. The van der Waals surface area contributed by atoms with E-state index < -0.39 is 0 Å². The molecule has 0 unspecified atom stereocenters. The van der Waals surface area contributed by atoms with Gasteiger partial charge in [0, 0.05) is 38.9 Å². The molecule has 2 amide bonds. The van der Waals surface area contributed by atoms with Gasteiger partial charge in [0.15, 0.2) is 0 Å². The number of hydrogen-bond acceptors (Lipinski definition) is 4. The summed E-state index contributed by atoms with van der Waals surface area (Å²) in [6, 6.07) is 13.4. The van der Waals surface area contributed by atoms with Crippen LogP contribution in [0.2, 0.25) is 0 Å². The Labute approximate surface area is 148 Å². The molecule has 0 bridgehead atoms. The smallest absolute Gasteiger partial charge is 0.322 e. The minimum absolute atomic E-state index is 0.0790. The van der Waals surface area contributed by atoms with Crippen LogP contribution in [0.25, 0.3) is 0 Å². The standard InChI is InChI=1S/C19H24N4O2/c1-2-25-18-9-4-3-8-17(18)21-19(24)23-13-11-22(12-14-23)15-16-7-5-6-10-20-16/h3-10H,2,11-15H2,1H3,(H,21,24). The lowest BCUT2D eigenvalue weighted by Gasteiger charge is -2.34. The average molecular weight is 340 g/mol. The fourth-order valence-electron chi connectivity index (χ4n) is 2.88. The Morgan fingerprint density at radius 2 is 1.88 bits per heavy atom. The van der Waals surface area contributed by atoms with Gasteiger partial charge < -0.3 is 15.0 Å². The van der Waals surface area contributed by atoms with Crippen LogP contribution in [-0.2, 0) is 6.54 Å². The number of urea groups is 1. The summed E-state index contributed by atoms with van der Waals surface area (Å²) in [5, 5.41) is 2.96. The zero-order valence-electron chi connectivity index (χ0n) is 14.5. The number of hydrogen-bond donors (Lipinski definition) is 1. The van der Waals surface area contributed by atoms with Gasteiger partial charge in [-0.15, -0.1) is 0 Å². The van der Waals surface area contributed by atoms with E-state index in [1.807, 2.05) is 60.5 Å². The molecule has 0 spiro atoms. The van der Waals surface area contributed by atoms with Crippen molar-refractivity contribution in [2.24, 2.45) is 0 Å². The number of pyridine rings is 1. The molecule has 2 aromatic rings. The summed E-state index contributed by atoms with van der Waals surface area (Å²) < 4.78 is 5.56. The molecule has 1 fully saturated rings. The van der Waals surface area contributed by atoms with Crippen LogP contribution >= 0.6 is 0 Å². The number of anilines is 1. The minimum Gasteiger partial charge on any atom is -0.492 e. The first-order valence-corrected chi connectivity index (χ1v) is 8.66. The van der Waals surface area contributed by atoms with Crippen LogP contribution in [0.1, 0.15) is 12.6 Å². The zero-order chi connectivity index (χ0) is 17.5. The van der Waals surface area contributed by atoms with Gasteiger partial charge in [0.05, 0.1) is 18.0 Å². The first kappa shape index (κ1) is 17.2. The predicted octanol–water partition coefficient (Wildman–Crippen LogP) is 2.83. The number of ether oxygens (including phenoxy) is 1. The van der Waals surface area contributed by atoms with Crippen molar-refractivity contribution in [1.82, 2.24) is 14.8 Å². The van der Waals surface area contributed by atoms with E-state index in [2.05, 4.69) is 15.2 Å². The van der Waals surface area contributed by atoms with Crippen LogP contribution in [0.15, 0.2) is 48.7 Å². The molecular weight excluding hydrogens is 316 g/mol. The van der Waals surface area contributed by atoms with Gasteiger partial charge in [0.25, 0.3) is 0 Å². The number of carbonyl (C=O) groups is 1. The van der Waals surface area contributed by atoms with E-state index in [0.717, 1.165) is 25.3 Å². The number of para-hydroxylation sites is 2. The highest BCUT2D eigenvalue weighted by Crippen LogP contribution is 2.24. The lowest BCUT2D eigenvalue weighted by Crippen LogP contribution is -2.49. The maximum Gasteiger partial charge on any atom is 0.322 e. The maximum absolute atomic E-state index is 12.5. The molecule has 0 saturated carbocycles. The second-order valence-corrected chi connectivity index (χ2v) is 5.94. The molecular formula is C19H24N4O2. The normalized spacial score (nSPS) is 15.0. The molecule has 6 nitrogen and oxygen atoms in total. The lowest BCUT2D eigenvalue weighted by atomic mass is 10.2. The van der Waals surface area contributed by atoms with Crippen LogP contribution < -0.4 is 10.1 Å². The van der Waals surface area contributed by atoms with Crippen molar-refractivity contribution < 1.29 is 9.53 Å². The SMILES string of the molecule is CCOc1ccccc1NC(=O)N1CCN(Cc2ccccn2)CC1. The van der Waals surface area contributed by atoms with Crippen molar-refractivity contribution in [3.05, 3.63) is 54.4 Å². The Hall–Kier alpha value is -2.60. The molecule has 1 aromatic heterocycles. The molecule has 25 heavy (non-hydrogen) atoms. The van der Waals surface area contributed by atoms with Crippen LogP contribution in [0.5, 0.6) is 5.75 Å². The third-order valence-corrected chi connectivity index (χ3v) is 4.20. The van der Waals surface area contributed by atoms with Crippen molar-refractivity contribution in [1.29, 1.82) is 0 Å². The number of benzene rings is 1. The van der Waals surface area contributed by atoms with E-state index >= 15 is 0 Å². The number of rotatable bonds is 5. The van der Waals surface area contributed by atoms with Crippen molar-refractivity contribution in [2.75, 3.05) is 38.1 Å². The van der Waals surface area contributed by atoms with Gasteiger partial charge >= 0.3 is 6.03 Å². The van der Waals surface area contributed by atoms with E-state index in [4.69, 9.17) is 4.74 Å². The van der Waals surface area contributed by atoms with Crippen LogP contribution in [-0.4, -0.2) is 53.6 Å². The van der Waals surface area contributed by atoms with E-state index in [1.165, 1.54) is 0 Å². The molecule has 3 rings (SSSR count). The maximum atomic E-state index is 12.5. The van der Waals surface area contributed by atoms with Crippen LogP contribution in [0.4, 0.5) is 10.5 Å². The summed E-state index contributed by atoms with van der Waals surface area (Å²) in [6.45, 7) is 6.42. The van der Waals surface area contributed by atoms with E-state index in [0.29, 0.717) is 31.1 Å². The molecule has 0 atom stereocenters. The van der Waals surface area contributed by atoms with E-state index in [1.54, 1.807) is 0 Å². The number of aromatic nitrogens is 1. The minimum atomic E-state index is -0.0790. The summed E-state index contributed by atoms with van der Waals surface area (Å²) in [6.07, 6.45) is 1.81. The van der Waals surface area contributed by atoms with Gasteiger partial charge in [0.2, 0.25) is 0 Å². The number of nitrogens with one attached hydrogen (secondary N) is 1. The average Bonchev–Trinajstić information content (AvgIpc) is 2.65. The molecule has 1 aliphatic heterocycles. The first-order chi connectivity index (χ1) is 12.3. The van der Waals surface area contributed by atoms with Crippen molar-refractivity contribution in [3.63, 3.8) is 0 Å². The quantitative estimate of drug-likeness (QED) is 0.909. The predicted molar refractivity (Wildman–Crippen MR) is 97.7 cm³/mol. The summed E-state index contributed by atoms with van der Waals surface area (Å²) in [5.74, 6) is 0.701. The summed E-state index contributed by atoms with van der Waals surface area (Å²) in [5.41, 5.74) is 1.77. The molecule has 1 saturated heterocycles. The molecule has 6 heteroatoms. The first-order valence-electron chi connectivity index (χ1n) is 8.66. The molecule has 0 radical (unpaired) electrons. The molecule has 2 heterocycles. The van der Waals surface area contributed by atoms with Crippen molar-refractivity contribution in [3.8, 4) is 5.75 Å². The summed E-state index contributed by atoms with van der Waals surface area (Å²) in [7, 11) is 0. The lowest BCUT2D eigenvalue weighted by molar-refractivity contribution is 0.142.